The Morgan fingerprint density at radius 3 is 2.48 bits per heavy atom. The van der Waals surface area contributed by atoms with Crippen molar-refractivity contribution >= 4 is 22.5 Å². The molecule has 0 saturated carbocycles. The normalized spacial score (nSPS) is 14.1. The first kappa shape index (κ1) is 13.7. The predicted molar refractivity (Wildman–Crippen MR) is 92.8 cm³/mol. The molecule has 1 aliphatic heterocycles. The van der Waals surface area contributed by atoms with Crippen molar-refractivity contribution < 1.29 is 4.79 Å². The van der Waals surface area contributed by atoms with Gasteiger partial charge in [-0.25, -0.2) is 0 Å². The first-order valence-electron chi connectivity index (χ1n) is 7.74. The SMILES string of the molecule is O=C(c1ccccc1)N1CCN=C1c1cccc2ccccc12. The zero-order valence-corrected chi connectivity index (χ0v) is 12.6. The minimum atomic E-state index is 0.00906. The molecule has 23 heavy (non-hydrogen) atoms. The van der Waals surface area contributed by atoms with E-state index in [4.69, 9.17) is 0 Å². The van der Waals surface area contributed by atoms with E-state index < -0.39 is 0 Å². The van der Waals surface area contributed by atoms with E-state index in [1.54, 1.807) is 4.90 Å². The molecule has 1 heterocycles. The summed E-state index contributed by atoms with van der Waals surface area (Å²) >= 11 is 0. The molecule has 0 radical (unpaired) electrons. The topological polar surface area (TPSA) is 32.7 Å². The van der Waals surface area contributed by atoms with Gasteiger partial charge in [0.1, 0.15) is 5.84 Å². The van der Waals surface area contributed by atoms with Crippen LogP contribution in [-0.4, -0.2) is 29.7 Å². The fourth-order valence-corrected chi connectivity index (χ4v) is 3.03. The van der Waals surface area contributed by atoms with Crippen molar-refractivity contribution in [3.05, 3.63) is 83.9 Å². The minimum absolute atomic E-state index is 0.00906. The molecular weight excluding hydrogens is 284 g/mol. The van der Waals surface area contributed by atoms with Gasteiger partial charge in [-0.2, -0.15) is 0 Å². The summed E-state index contributed by atoms with van der Waals surface area (Å²) in [6, 6.07) is 23.7. The van der Waals surface area contributed by atoms with Gasteiger partial charge >= 0.3 is 0 Å². The average molecular weight is 300 g/mol. The van der Waals surface area contributed by atoms with Crippen LogP contribution in [0.4, 0.5) is 0 Å². The third kappa shape index (κ3) is 2.40. The van der Waals surface area contributed by atoms with Crippen molar-refractivity contribution in [2.24, 2.45) is 4.99 Å². The van der Waals surface area contributed by atoms with E-state index in [9.17, 15) is 4.79 Å². The molecule has 0 saturated heterocycles. The van der Waals surface area contributed by atoms with Crippen LogP contribution in [0.2, 0.25) is 0 Å². The number of amidine groups is 1. The van der Waals surface area contributed by atoms with Crippen molar-refractivity contribution in [2.45, 2.75) is 0 Å². The fourth-order valence-electron chi connectivity index (χ4n) is 3.03. The Balaban J connectivity index is 1.77. The number of rotatable bonds is 2. The van der Waals surface area contributed by atoms with Crippen molar-refractivity contribution in [1.29, 1.82) is 0 Å². The van der Waals surface area contributed by atoms with Gasteiger partial charge in [-0.15, -0.1) is 0 Å². The van der Waals surface area contributed by atoms with Gasteiger partial charge in [-0.3, -0.25) is 14.7 Å². The van der Waals surface area contributed by atoms with E-state index in [2.05, 4.69) is 23.2 Å². The van der Waals surface area contributed by atoms with Crippen LogP contribution in [0.25, 0.3) is 10.8 Å². The van der Waals surface area contributed by atoms with Gasteiger partial charge in [0.05, 0.1) is 6.54 Å². The van der Waals surface area contributed by atoms with E-state index in [1.807, 2.05) is 54.6 Å². The smallest absolute Gasteiger partial charge is 0.259 e. The number of aliphatic imine (C=N–C) groups is 1. The highest BCUT2D eigenvalue weighted by molar-refractivity contribution is 6.18. The highest BCUT2D eigenvalue weighted by Crippen LogP contribution is 2.23. The quantitative estimate of drug-likeness (QED) is 0.709. The van der Waals surface area contributed by atoms with E-state index in [1.165, 1.54) is 0 Å². The summed E-state index contributed by atoms with van der Waals surface area (Å²) in [5, 5.41) is 2.29. The van der Waals surface area contributed by atoms with Gasteiger partial charge in [0.15, 0.2) is 0 Å². The molecule has 0 aliphatic carbocycles. The average Bonchev–Trinajstić information content (AvgIpc) is 3.11. The van der Waals surface area contributed by atoms with E-state index in [0.29, 0.717) is 18.7 Å². The number of hydrogen-bond donors (Lipinski definition) is 0. The number of amides is 1. The van der Waals surface area contributed by atoms with Gasteiger partial charge in [-0.05, 0) is 22.9 Å². The number of nitrogens with zero attached hydrogens (tertiary/aromatic N) is 2. The number of fused-ring (bicyclic) bond motifs is 1. The van der Waals surface area contributed by atoms with Gasteiger partial charge < -0.3 is 0 Å². The Hall–Kier alpha value is -2.94. The third-order valence-corrected chi connectivity index (χ3v) is 4.14. The lowest BCUT2D eigenvalue weighted by atomic mass is 10.0. The predicted octanol–water partition coefficient (Wildman–Crippen LogP) is 3.74. The van der Waals surface area contributed by atoms with Gasteiger partial charge in [0.25, 0.3) is 5.91 Å². The second-order valence-corrected chi connectivity index (χ2v) is 5.55. The number of benzene rings is 3. The Bertz CT molecular complexity index is 894. The zero-order chi connectivity index (χ0) is 15.6. The summed E-state index contributed by atoms with van der Waals surface area (Å²) < 4.78 is 0. The molecule has 3 aromatic rings. The molecule has 3 heteroatoms. The Kier molecular flexibility index (Phi) is 3.39. The molecule has 3 nitrogen and oxygen atoms in total. The minimum Gasteiger partial charge on any atom is -0.291 e. The first-order valence-corrected chi connectivity index (χ1v) is 7.74. The highest BCUT2D eigenvalue weighted by Gasteiger charge is 2.26. The Labute approximate surface area is 134 Å². The summed E-state index contributed by atoms with van der Waals surface area (Å²) in [5.74, 6) is 0.783. The monoisotopic (exact) mass is 300 g/mol. The molecule has 1 aliphatic rings. The fraction of sp³-hybridized carbons (Fsp3) is 0.100. The number of carbonyl (C=O) groups excluding carboxylic acids is 1. The van der Waals surface area contributed by atoms with Crippen LogP contribution >= 0.6 is 0 Å². The summed E-state index contributed by atoms with van der Waals surface area (Å²) in [6.45, 7) is 1.28. The molecule has 1 amide bonds. The molecule has 0 N–H and O–H groups in total. The molecule has 4 rings (SSSR count). The van der Waals surface area contributed by atoms with E-state index >= 15 is 0 Å². The molecule has 112 valence electrons. The van der Waals surface area contributed by atoms with E-state index in [0.717, 1.165) is 22.2 Å². The van der Waals surface area contributed by atoms with Crippen molar-refractivity contribution in [1.82, 2.24) is 4.90 Å². The summed E-state index contributed by atoms with van der Waals surface area (Å²) in [5.41, 5.74) is 1.72. The van der Waals surface area contributed by atoms with E-state index in [-0.39, 0.29) is 5.91 Å². The van der Waals surface area contributed by atoms with Crippen LogP contribution in [0, 0.1) is 0 Å². The maximum atomic E-state index is 12.8. The molecule has 0 spiro atoms. The second-order valence-electron chi connectivity index (χ2n) is 5.55. The maximum Gasteiger partial charge on any atom is 0.259 e. The summed E-state index contributed by atoms with van der Waals surface area (Å²) in [4.78, 5) is 19.2. The molecule has 0 atom stereocenters. The molecular formula is C20H16N2O. The van der Waals surface area contributed by atoms with Gasteiger partial charge in [0, 0.05) is 17.7 Å². The lowest BCUT2D eigenvalue weighted by Gasteiger charge is -2.19. The Morgan fingerprint density at radius 1 is 0.870 bits per heavy atom. The van der Waals surface area contributed by atoms with Crippen molar-refractivity contribution in [3.8, 4) is 0 Å². The zero-order valence-electron chi connectivity index (χ0n) is 12.6. The van der Waals surface area contributed by atoms with Crippen LogP contribution in [0.15, 0.2) is 77.8 Å². The van der Waals surface area contributed by atoms with Crippen molar-refractivity contribution in [2.75, 3.05) is 13.1 Å². The highest BCUT2D eigenvalue weighted by atomic mass is 16.2. The standard InChI is InChI=1S/C20H16N2O/c23-20(16-8-2-1-3-9-16)22-14-13-21-19(22)18-12-6-10-15-7-4-5-11-17(15)18/h1-12H,13-14H2. The van der Waals surface area contributed by atoms with Gasteiger partial charge in [-0.1, -0.05) is 60.7 Å². The number of carbonyl (C=O) groups is 1. The molecule has 0 fully saturated rings. The first-order chi connectivity index (χ1) is 11.3. The van der Waals surface area contributed by atoms with Crippen LogP contribution < -0.4 is 0 Å². The van der Waals surface area contributed by atoms with Crippen LogP contribution in [-0.2, 0) is 0 Å². The van der Waals surface area contributed by atoms with Crippen LogP contribution in [0.3, 0.4) is 0 Å². The number of hydrogen-bond acceptors (Lipinski definition) is 2. The largest absolute Gasteiger partial charge is 0.291 e. The second kappa shape index (κ2) is 5.69. The van der Waals surface area contributed by atoms with Crippen LogP contribution in [0.5, 0.6) is 0 Å². The molecule has 0 bridgehead atoms. The third-order valence-electron chi connectivity index (χ3n) is 4.14. The summed E-state index contributed by atoms with van der Waals surface area (Å²) in [6.07, 6.45) is 0. The van der Waals surface area contributed by atoms with Crippen LogP contribution in [0.1, 0.15) is 15.9 Å². The molecule has 0 aromatic heterocycles. The molecule has 3 aromatic carbocycles. The Morgan fingerprint density at radius 2 is 1.61 bits per heavy atom. The lowest BCUT2D eigenvalue weighted by Crippen LogP contribution is -2.34. The summed E-state index contributed by atoms with van der Waals surface area (Å²) in [7, 11) is 0. The maximum absolute atomic E-state index is 12.8. The van der Waals surface area contributed by atoms with Crippen molar-refractivity contribution in [3.63, 3.8) is 0 Å². The molecule has 0 unspecified atom stereocenters. The van der Waals surface area contributed by atoms with Gasteiger partial charge in [0.2, 0.25) is 0 Å². The lowest BCUT2D eigenvalue weighted by molar-refractivity contribution is 0.0858.